The molecule has 0 aliphatic heterocycles. The number of hydrogen-bond acceptors (Lipinski definition) is 3. The van der Waals surface area contributed by atoms with Gasteiger partial charge in [0.25, 0.3) is 10.0 Å². The summed E-state index contributed by atoms with van der Waals surface area (Å²) in [6.07, 6.45) is 0. The number of aryl methyl sites for hydroxylation is 1. The lowest BCUT2D eigenvalue weighted by atomic mass is 10.2. The molecule has 0 saturated heterocycles. The summed E-state index contributed by atoms with van der Waals surface area (Å²) in [5, 5.41) is 0.194. The van der Waals surface area contributed by atoms with Crippen molar-refractivity contribution >= 4 is 33.0 Å². The molecule has 2 rings (SSSR count). The Labute approximate surface area is 123 Å². The molecule has 0 aromatic heterocycles. The summed E-state index contributed by atoms with van der Waals surface area (Å²) in [6, 6.07) is 11.5. The second-order valence-corrected chi connectivity index (χ2v) is 6.79. The highest BCUT2D eigenvalue weighted by atomic mass is 35.5. The van der Waals surface area contributed by atoms with Crippen molar-refractivity contribution in [3.8, 4) is 0 Å². The average Bonchev–Trinajstić information content (AvgIpc) is 2.41. The molecule has 106 valence electrons. The number of rotatable bonds is 3. The van der Waals surface area contributed by atoms with Gasteiger partial charge in [-0.25, -0.2) is 8.42 Å². The maximum Gasteiger partial charge on any atom is 0.265 e. The highest BCUT2D eigenvalue weighted by molar-refractivity contribution is 7.93. The molecule has 2 aromatic rings. The van der Waals surface area contributed by atoms with Crippen LogP contribution in [0.4, 0.5) is 11.4 Å². The second kappa shape index (κ2) is 5.34. The zero-order chi connectivity index (χ0) is 14.9. The Morgan fingerprint density at radius 2 is 1.80 bits per heavy atom. The molecule has 0 fully saturated rings. The summed E-state index contributed by atoms with van der Waals surface area (Å²) >= 11 is 5.97. The molecular weight excluding hydrogens is 296 g/mol. The third-order valence-corrected chi connectivity index (χ3v) is 5.39. The Bertz CT molecular complexity index is 745. The number of nitrogens with two attached hydrogens (primary N) is 1. The lowest BCUT2D eigenvalue weighted by Crippen LogP contribution is -2.26. The van der Waals surface area contributed by atoms with E-state index in [1.54, 1.807) is 36.4 Å². The van der Waals surface area contributed by atoms with Crippen LogP contribution in [0.5, 0.6) is 0 Å². The number of hydrogen-bond donors (Lipinski definition) is 1. The second-order valence-electron chi connectivity index (χ2n) is 4.44. The van der Waals surface area contributed by atoms with Crippen molar-refractivity contribution in [2.24, 2.45) is 0 Å². The van der Waals surface area contributed by atoms with Crippen LogP contribution in [0.15, 0.2) is 47.4 Å². The summed E-state index contributed by atoms with van der Waals surface area (Å²) in [7, 11) is -2.23. The minimum Gasteiger partial charge on any atom is -0.398 e. The number of halogens is 1. The van der Waals surface area contributed by atoms with Gasteiger partial charge in [-0.15, -0.1) is 0 Å². The van der Waals surface area contributed by atoms with Gasteiger partial charge in [0.15, 0.2) is 0 Å². The molecule has 0 atom stereocenters. The Morgan fingerprint density at radius 1 is 1.15 bits per heavy atom. The van der Waals surface area contributed by atoms with Crippen LogP contribution in [0.1, 0.15) is 5.56 Å². The van der Waals surface area contributed by atoms with Gasteiger partial charge in [0.1, 0.15) is 4.90 Å². The number of sulfonamides is 1. The highest BCUT2D eigenvalue weighted by Crippen LogP contribution is 2.28. The van der Waals surface area contributed by atoms with Crippen LogP contribution in [0, 0.1) is 6.92 Å². The van der Waals surface area contributed by atoms with E-state index in [4.69, 9.17) is 17.3 Å². The standard InChI is InChI=1S/C14H15ClN2O2S/c1-10-7-8-11(9-13(10)16)17(2)20(18,19)14-6-4-3-5-12(14)15/h3-9H,16H2,1-2H3. The summed E-state index contributed by atoms with van der Waals surface area (Å²) in [6.45, 7) is 1.86. The van der Waals surface area contributed by atoms with E-state index < -0.39 is 10.0 Å². The van der Waals surface area contributed by atoms with E-state index >= 15 is 0 Å². The van der Waals surface area contributed by atoms with Crippen LogP contribution < -0.4 is 10.0 Å². The zero-order valence-corrected chi connectivity index (χ0v) is 12.7. The van der Waals surface area contributed by atoms with E-state index in [1.807, 2.05) is 6.92 Å². The first-order chi connectivity index (χ1) is 9.34. The third kappa shape index (κ3) is 2.59. The van der Waals surface area contributed by atoms with E-state index in [0.29, 0.717) is 11.4 Å². The summed E-state index contributed by atoms with van der Waals surface area (Å²) < 4.78 is 26.3. The van der Waals surface area contributed by atoms with Crippen LogP contribution in [0.25, 0.3) is 0 Å². The normalized spacial score (nSPS) is 11.3. The number of nitrogen functional groups attached to an aromatic ring is 1. The minimum absolute atomic E-state index is 0.0725. The monoisotopic (exact) mass is 310 g/mol. The lowest BCUT2D eigenvalue weighted by Gasteiger charge is -2.20. The third-order valence-electron chi connectivity index (χ3n) is 3.10. The van der Waals surface area contributed by atoms with Gasteiger partial charge in [0.05, 0.1) is 10.7 Å². The van der Waals surface area contributed by atoms with Crippen molar-refractivity contribution in [2.75, 3.05) is 17.1 Å². The smallest absolute Gasteiger partial charge is 0.265 e. The van der Waals surface area contributed by atoms with Crippen molar-refractivity contribution < 1.29 is 8.42 Å². The van der Waals surface area contributed by atoms with Gasteiger partial charge in [-0.3, -0.25) is 4.31 Å². The fourth-order valence-electron chi connectivity index (χ4n) is 1.76. The molecule has 6 heteroatoms. The van der Waals surface area contributed by atoms with Crippen LogP contribution in [0.3, 0.4) is 0 Å². The molecule has 2 N–H and O–H groups in total. The van der Waals surface area contributed by atoms with Crippen molar-refractivity contribution in [2.45, 2.75) is 11.8 Å². The predicted molar refractivity (Wildman–Crippen MR) is 82.6 cm³/mol. The quantitative estimate of drug-likeness (QED) is 0.886. The molecule has 0 unspecified atom stereocenters. The van der Waals surface area contributed by atoms with Crippen LogP contribution in [0.2, 0.25) is 5.02 Å². The van der Waals surface area contributed by atoms with Gasteiger partial charge >= 0.3 is 0 Å². The Kier molecular flexibility index (Phi) is 3.92. The summed E-state index contributed by atoms with van der Waals surface area (Å²) in [5.41, 5.74) is 7.76. The molecule has 4 nitrogen and oxygen atoms in total. The summed E-state index contributed by atoms with van der Waals surface area (Å²) in [5.74, 6) is 0. The Morgan fingerprint density at radius 3 is 2.40 bits per heavy atom. The molecule has 0 radical (unpaired) electrons. The van der Waals surface area contributed by atoms with Crippen LogP contribution >= 0.6 is 11.6 Å². The van der Waals surface area contributed by atoms with Crippen LogP contribution in [-0.4, -0.2) is 15.5 Å². The molecule has 0 amide bonds. The fraction of sp³-hybridized carbons (Fsp3) is 0.143. The van der Waals surface area contributed by atoms with E-state index in [1.165, 1.54) is 17.4 Å². The predicted octanol–water partition coefficient (Wildman–Crippen LogP) is 3.06. The molecule has 0 spiro atoms. The van der Waals surface area contributed by atoms with Gasteiger partial charge in [-0.05, 0) is 36.8 Å². The molecule has 0 aliphatic carbocycles. The lowest BCUT2D eigenvalue weighted by molar-refractivity contribution is 0.594. The van der Waals surface area contributed by atoms with Crippen LogP contribution in [-0.2, 0) is 10.0 Å². The largest absolute Gasteiger partial charge is 0.398 e. The first-order valence-electron chi connectivity index (χ1n) is 5.93. The number of nitrogens with zero attached hydrogens (tertiary/aromatic N) is 1. The molecule has 0 heterocycles. The molecular formula is C14H15ClN2O2S. The van der Waals surface area contributed by atoms with E-state index in [-0.39, 0.29) is 9.92 Å². The average molecular weight is 311 g/mol. The molecule has 0 saturated carbocycles. The van der Waals surface area contributed by atoms with Gasteiger partial charge < -0.3 is 5.73 Å². The number of benzene rings is 2. The first-order valence-corrected chi connectivity index (χ1v) is 7.75. The van der Waals surface area contributed by atoms with Gasteiger partial charge in [-0.1, -0.05) is 29.8 Å². The molecule has 0 bridgehead atoms. The SMILES string of the molecule is Cc1ccc(N(C)S(=O)(=O)c2ccccc2Cl)cc1N. The molecule has 0 aliphatic rings. The fourth-order valence-corrected chi connectivity index (χ4v) is 3.44. The zero-order valence-electron chi connectivity index (χ0n) is 11.2. The number of anilines is 2. The minimum atomic E-state index is -3.71. The maximum absolute atomic E-state index is 12.6. The van der Waals surface area contributed by atoms with Gasteiger partial charge in [-0.2, -0.15) is 0 Å². The summed E-state index contributed by atoms with van der Waals surface area (Å²) in [4.78, 5) is 0.0725. The van der Waals surface area contributed by atoms with Crippen molar-refractivity contribution in [3.05, 3.63) is 53.1 Å². The van der Waals surface area contributed by atoms with Gasteiger partial charge in [0.2, 0.25) is 0 Å². The first kappa shape index (κ1) is 14.7. The van der Waals surface area contributed by atoms with E-state index in [0.717, 1.165) is 5.56 Å². The van der Waals surface area contributed by atoms with Crippen molar-refractivity contribution in [3.63, 3.8) is 0 Å². The highest BCUT2D eigenvalue weighted by Gasteiger charge is 2.23. The maximum atomic E-state index is 12.6. The van der Waals surface area contributed by atoms with E-state index in [2.05, 4.69) is 0 Å². The van der Waals surface area contributed by atoms with Gasteiger partial charge in [0, 0.05) is 12.7 Å². The topological polar surface area (TPSA) is 63.4 Å². The Balaban J connectivity index is 2.49. The Hall–Kier alpha value is -1.72. The molecule has 20 heavy (non-hydrogen) atoms. The van der Waals surface area contributed by atoms with Crippen molar-refractivity contribution in [1.29, 1.82) is 0 Å². The molecule has 2 aromatic carbocycles. The van der Waals surface area contributed by atoms with E-state index in [9.17, 15) is 8.42 Å². The van der Waals surface area contributed by atoms with Crippen molar-refractivity contribution in [1.82, 2.24) is 0 Å².